The van der Waals surface area contributed by atoms with E-state index in [-0.39, 0.29) is 0 Å². The highest BCUT2D eigenvalue weighted by molar-refractivity contribution is 5.84. The molecule has 94 valence electrons. The lowest BCUT2D eigenvalue weighted by molar-refractivity contribution is 1.25. The van der Waals surface area contributed by atoms with Crippen LogP contribution in [0.1, 0.15) is 11.1 Å². The molecule has 19 heavy (non-hydrogen) atoms. The summed E-state index contributed by atoms with van der Waals surface area (Å²) in [6.45, 7) is 4.14. The van der Waals surface area contributed by atoms with Gasteiger partial charge in [-0.3, -0.25) is 0 Å². The van der Waals surface area contributed by atoms with Gasteiger partial charge in [-0.2, -0.15) is 0 Å². The smallest absolute Gasteiger partial charge is 0.132 e. The van der Waals surface area contributed by atoms with Gasteiger partial charge in [0.15, 0.2) is 0 Å². The van der Waals surface area contributed by atoms with Gasteiger partial charge in [-0.05, 0) is 49.2 Å². The van der Waals surface area contributed by atoms with Crippen LogP contribution >= 0.6 is 0 Å². The first kappa shape index (κ1) is 11.7. The zero-order valence-electron chi connectivity index (χ0n) is 11.0. The number of nitrogens with zero attached hydrogens (tertiary/aromatic N) is 2. The van der Waals surface area contributed by atoms with E-state index in [2.05, 4.69) is 28.3 Å². The van der Waals surface area contributed by atoms with Gasteiger partial charge in [-0.1, -0.05) is 18.2 Å². The molecule has 3 rings (SSSR count). The van der Waals surface area contributed by atoms with Gasteiger partial charge in [0.2, 0.25) is 0 Å². The number of hydrogen-bond donors (Lipinski definition) is 1. The third kappa shape index (κ3) is 2.40. The number of pyridine rings is 2. The van der Waals surface area contributed by atoms with Crippen LogP contribution in [0.3, 0.4) is 0 Å². The van der Waals surface area contributed by atoms with Gasteiger partial charge in [-0.15, -0.1) is 0 Å². The van der Waals surface area contributed by atoms with Gasteiger partial charge in [0.1, 0.15) is 11.6 Å². The molecule has 2 heterocycles. The van der Waals surface area contributed by atoms with Crippen LogP contribution < -0.4 is 5.32 Å². The summed E-state index contributed by atoms with van der Waals surface area (Å²) >= 11 is 0. The Morgan fingerprint density at radius 1 is 0.947 bits per heavy atom. The predicted molar refractivity (Wildman–Crippen MR) is 78.7 cm³/mol. The molecule has 3 nitrogen and oxygen atoms in total. The minimum absolute atomic E-state index is 0.821. The Morgan fingerprint density at radius 2 is 1.79 bits per heavy atom. The van der Waals surface area contributed by atoms with Gasteiger partial charge < -0.3 is 5.32 Å². The second kappa shape index (κ2) is 4.69. The van der Waals surface area contributed by atoms with Gasteiger partial charge in [0, 0.05) is 11.6 Å². The minimum atomic E-state index is 0.821. The van der Waals surface area contributed by atoms with E-state index < -0.39 is 0 Å². The molecule has 0 aliphatic carbocycles. The molecule has 0 spiro atoms. The summed E-state index contributed by atoms with van der Waals surface area (Å²) < 4.78 is 0. The Balaban J connectivity index is 2.02. The van der Waals surface area contributed by atoms with Crippen molar-refractivity contribution in [2.75, 3.05) is 5.32 Å². The first-order valence-corrected chi connectivity index (χ1v) is 6.28. The van der Waals surface area contributed by atoms with E-state index >= 15 is 0 Å². The van der Waals surface area contributed by atoms with Crippen LogP contribution in [0.5, 0.6) is 0 Å². The molecule has 0 saturated carbocycles. The van der Waals surface area contributed by atoms with E-state index in [1.165, 1.54) is 16.5 Å². The SMILES string of the molecule is Cc1ccnc(Nc2cc(C)c3ccccc3n2)c1. The largest absolute Gasteiger partial charge is 0.325 e. The molecular weight excluding hydrogens is 234 g/mol. The summed E-state index contributed by atoms with van der Waals surface area (Å²) in [7, 11) is 0. The van der Waals surface area contributed by atoms with Crippen molar-refractivity contribution in [2.24, 2.45) is 0 Å². The molecule has 1 N–H and O–H groups in total. The summed E-state index contributed by atoms with van der Waals surface area (Å²) in [6, 6.07) is 14.2. The topological polar surface area (TPSA) is 37.8 Å². The second-order valence-corrected chi connectivity index (χ2v) is 4.68. The van der Waals surface area contributed by atoms with Crippen LogP contribution in [-0.2, 0) is 0 Å². The number of nitrogens with one attached hydrogen (secondary N) is 1. The van der Waals surface area contributed by atoms with Crippen LogP contribution in [-0.4, -0.2) is 9.97 Å². The fourth-order valence-electron chi connectivity index (χ4n) is 2.15. The van der Waals surface area contributed by atoms with Crippen LogP contribution in [0.25, 0.3) is 10.9 Å². The quantitative estimate of drug-likeness (QED) is 0.746. The van der Waals surface area contributed by atoms with Crippen molar-refractivity contribution >= 4 is 22.5 Å². The maximum absolute atomic E-state index is 4.61. The maximum Gasteiger partial charge on any atom is 0.132 e. The van der Waals surface area contributed by atoms with Crippen LogP contribution in [0.4, 0.5) is 11.6 Å². The lowest BCUT2D eigenvalue weighted by Gasteiger charge is -2.08. The van der Waals surface area contributed by atoms with E-state index in [4.69, 9.17) is 0 Å². The zero-order valence-corrected chi connectivity index (χ0v) is 11.0. The first-order chi connectivity index (χ1) is 9.22. The highest BCUT2D eigenvalue weighted by atomic mass is 15.0. The summed E-state index contributed by atoms with van der Waals surface area (Å²) in [5.74, 6) is 1.65. The number of anilines is 2. The molecule has 3 heteroatoms. The maximum atomic E-state index is 4.61. The summed E-state index contributed by atoms with van der Waals surface area (Å²) in [6.07, 6.45) is 1.80. The Labute approximate surface area is 112 Å². The zero-order chi connectivity index (χ0) is 13.2. The molecule has 0 atom stereocenters. The van der Waals surface area contributed by atoms with Gasteiger partial charge in [-0.25, -0.2) is 9.97 Å². The summed E-state index contributed by atoms with van der Waals surface area (Å²) in [5, 5.41) is 4.44. The normalized spacial score (nSPS) is 10.6. The highest BCUT2D eigenvalue weighted by Gasteiger charge is 2.03. The Morgan fingerprint density at radius 3 is 2.63 bits per heavy atom. The fraction of sp³-hybridized carbons (Fsp3) is 0.125. The van der Waals surface area contributed by atoms with E-state index in [0.717, 1.165) is 17.2 Å². The van der Waals surface area contributed by atoms with Crippen molar-refractivity contribution < 1.29 is 0 Å². The standard InChI is InChI=1S/C16H15N3/c1-11-7-8-17-15(9-11)19-16-10-12(2)13-5-3-4-6-14(13)18-16/h3-10H,1-2H3,(H,17,18,19). The third-order valence-corrected chi connectivity index (χ3v) is 3.09. The van der Waals surface area contributed by atoms with Crippen LogP contribution in [0.15, 0.2) is 48.7 Å². The number of rotatable bonds is 2. The molecule has 0 amide bonds. The molecule has 0 radical (unpaired) electrons. The average molecular weight is 249 g/mol. The minimum Gasteiger partial charge on any atom is -0.325 e. The van der Waals surface area contributed by atoms with Gasteiger partial charge in [0.05, 0.1) is 5.52 Å². The second-order valence-electron chi connectivity index (χ2n) is 4.68. The number of hydrogen-bond acceptors (Lipinski definition) is 3. The molecule has 0 unspecified atom stereocenters. The van der Waals surface area contributed by atoms with Gasteiger partial charge in [0.25, 0.3) is 0 Å². The fourth-order valence-corrected chi connectivity index (χ4v) is 2.15. The molecule has 0 saturated heterocycles. The molecule has 3 aromatic rings. The molecule has 0 aliphatic rings. The van der Waals surface area contributed by atoms with E-state index in [9.17, 15) is 0 Å². The molecular formula is C16H15N3. The monoisotopic (exact) mass is 249 g/mol. The number of aryl methyl sites for hydroxylation is 2. The van der Waals surface area contributed by atoms with E-state index in [1.807, 2.05) is 43.3 Å². The van der Waals surface area contributed by atoms with Crippen molar-refractivity contribution in [3.63, 3.8) is 0 Å². The Kier molecular flexibility index (Phi) is 2.88. The highest BCUT2D eigenvalue weighted by Crippen LogP contribution is 2.21. The van der Waals surface area contributed by atoms with E-state index in [1.54, 1.807) is 6.20 Å². The Bertz CT molecular complexity index is 735. The molecule has 0 fully saturated rings. The van der Waals surface area contributed by atoms with Crippen LogP contribution in [0.2, 0.25) is 0 Å². The van der Waals surface area contributed by atoms with Crippen molar-refractivity contribution in [3.8, 4) is 0 Å². The lowest BCUT2D eigenvalue weighted by Crippen LogP contribution is -1.97. The number of aromatic nitrogens is 2. The molecule has 0 aliphatic heterocycles. The van der Waals surface area contributed by atoms with Crippen LogP contribution in [0, 0.1) is 13.8 Å². The Hall–Kier alpha value is -2.42. The molecule has 0 bridgehead atoms. The summed E-state index contributed by atoms with van der Waals surface area (Å²) in [5.41, 5.74) is 3.38. The van der Waals surface area contributed by atoms with Crippen molar-refractivity contribution in [1.29, 1.82) is 0 Å². The number of para-hydroxylation sites is 1. The summed E-state index contributed by atoms with van der Waals surface area (Å²) in [4.78, 5) is 8.90. The average Bonchev–Trinajstić information content (AvgIpc) is 2.39. The molecule has 2 aromatic heterocycles. The lowest BCUT2D eigenvalue weighted by atomic mass is 10.1. The third-order valence-electron chi connectivity index (χ3n) is 3.09. The van der Waals surface area contributed by atoms with Crippen molar-refractivity contribution in [3.05, 3.63) is 59.8 Å². The van der Waals surface area contributed by atoms with Crippen molar-refractivity contribution in [2.45, 2.75) is 13.8 Å². The number of benzene rings is 1. The predicted octanol–water partition coefficient (Wildman–Crippen LogP) is 3.99. The van der Waals surface area contributed by atoms with E-state index in [0.29, 0.717) is 0 Å². The first-order valence-electron chi connectivity index (χ1n) is 6.28. The van der Waals surface area contributed by atoms with Crippen molar-refractivity contribution in [1.82, 2.24) is 9.97 Å². The number of fused-ring (bicyclic) bond motifs is 1. The van der Waals surface area contributed by atoms with Gasteiger partial charge >= 0.3 is 0 Å². The molecule has 1 aromatic carbocycles.